The van der Waals surface area contributed by atoms with Gasteiger partial charge in [-0.2, -0.15) is 0 Å². The molecule has 92 valence electrons. The summed E-state index contributed by atoms with van der Waals surface area (Å²) in [5.41, 5.74) is 1.04. The average molecular weight is 314 g/mol. The van der Waals surface area contributed by atoms with Crippen LogP contribution in [0.2, 0.25) is 5.02 Å². The maximum Gasteiger partial charge on any atom is 0.0957 e. The van der Waals surface area contributed by atoms with Crippen molar-refractivity contribution >= 4 is 56.1 Å². The van der Waals surface area contributed by atoms with E-state index in [1.165, 1.54) is 4.70 Å². The molecule has 2 aromatic heterocycles. The molecule has 1 nitrogen and oxygen atoms in total. The third-order valence-electron chi connectivity index (χ3n) is 2.62. The van der Waals surface area contributed by atoms with Gasteiger partial charge in [0.2, 0.25) is 0 Å². The highest BCUT2D eigenvalue weighted by molar-refractivity contribution is 7.18. The quantitative estimate of drug-likeness (QED) is 0.579. The summed E-state index contributed by atoms with van der Waals surface area (Å²) in [6.07, 6.45) is 0.723. The summed E-state index contributed by atoms with van der Waals surface area (Å²) in [7, 11) is 0. The third-order valence-corrected chi connectivity index (χ3v) is 5.65. The average Bonchev–Trinajstić information content (AvgIpc) is 2.94. The van der Waals surface area contributed by atoms with Gasteiger partial charge in [-0.25, -0.2) is 4.98 Å². The highest BCUT2D eigenvalue weighted by atomic mass is 35.5. The number of benzene rings is 1. The molecule has 0 fully saturated rings. The van der Waals surface area contributed by atoms with Gasteiger partial charge < -0.3 is 0 Å². The third kappa shape index (κ3) is 2.41. The van der Waals surface area contributed by atoms with Gasteiger partial charge in [-0.3, -0.25) is 0 Å². The Labute approximate surface area is 123 Å². The number of hydrogen-bond donors (Lipinski definition) is 0. The fourth-order valence-electron chi connectivity index (χ4n) is 1.78. The summed E-state index contributed by atoms with van der Waals surface area (Å²) >= 11 is 15.8. The zero-order chi connectivity index (χ0) is 12.5. The highest BCUT2D eigenvalue weighted by Crippen LogP contribution is 2.36. The molecule has 0 spiro atoms. The van der Waals surface area contributed by atoms with E-state index in [9.17, 15) is 0 Å². The molecule has 0 aliphatic carbocycles. The topological polar surface area (TPSA) is 12.9 Å². The van der Waals surface area contributed by atoms with Gasteiger partial charge in [0.1, 0.15) is 0 Å². The van der Waals surface area contributed by atoms with Crippen LogP contribution in [-0.4, -0.2) is 4.98 Å². The van der Waals surface area contributed by atoms with Gasteiger partial charge in [-0.05, 0) is 23.6 Å². The molecule has 3 aromatic rings. The lowest BCUT2D eigenvalue weighted by molar-refractivity contribution is 0.930. The zero-order valence-corrected chi connectivity index (χ0v) is 12.4. The number of thiophene rings is 1. The second-order valence-corrected chi connectivity index (χ2v) is 6.88. The van der Waals surface area contributed by atoms with E-state index in [1.807, 2.05) is 29.6 Å². The summed E-state index contributed by atoms with van der Waals surface area (Å²) in [5.74, 6) is 0. The lowest BCUT2D eigenvalue weighted by atomic mass is 10.2. The van der Waals surface area contributed by atoms with E-state index in [2.05, 4.69) is 11.1 Å². The van der Waals surface area contributed by atoms with Crippen LogP contribution in [-0.2, 0) is 6.42 Å². The number of alkyl halides is 1. The standard InChI is InChI=1S/C13H9Cl2NS2/c14-8-5-6-17-13(8)9(15)7-12-16-10-3-1-2-4-11(10)18-12/h1-6,9H,7H2. The Morgan fingerprint density at radius 2 is 2.06 bits per heavy atom. The maximum absolute atomic E-state index is 6.41. The molecule has 0 N–H and O–H groups in total. The Hall–Kier alpha value is -0.610. The molecule has 0 bridgehead atoms. The molecule has 5 heteroatoms. The van der Waals surface area contributed by atoms with Gasteiger partial charge in [0.05, 0.1) is 25.6 Å². The smallest absolute Gasteiger partial charge is 0.0957 e. The fourth-order valence-corrected chi connectivity index (χ4v) is 4.53. The first-order valence-electron chi connectivity index (χ1n) is 5.45. The van der Waals surface area contributed by atoms with Crippen molar-refractivity contribution in [3.05, 3.63) is 50.6 Å². The number of aromatic nitrogens is 1. The van der Waals surface area contributed by atoms with E-state index in [0.29, 0.717) is 0 Å². The predicted molar refractivity (Wildman–Crippen MR) is 81.2 cm³/mol. The number of hydrogen-bond acceptors (Lipinski definition) is 3. The molecule has 3 rings (SSSR count). The summed E-state index contributed by atoms with van der Waals surface area (Å²) in [4.78, 5) is 5.61. The van der Waals surface area contributed by atoms with Crippen LogP contribution in [0.25, 0.3) is 10.2 Å². The Morgan fingerprint density at radius 3 is 2.78 bits per heavy atom. The van der Waals surface area contributed by atoms with Crippen molar-refractivity contribution in [1.82, 2.24) is 4.98 Å². The number of thiazole rings is 1. The second kappa shape index (κ2) is 5.17. The molecule has 2 heterocycles. The molecule has 0 aliphatic heterocycles. The normalized spacial score (nSPS) is 13.0. The molecule has 1 aromatic carbocycles. The zero-order valence-electron chi connectivity index (χ0n) is 9.27. The molecular weight excluding hydrogens is 305 g/mol. The minimum Gasteiger partial charge on any atom is -0.241 e. The van der Waals surface area contributed by atoms with Gasteiger partial charge in [0.25, 0.3) is 0 Å². The van der Waals surface area contributed by atoms with Crippen LogP contribution in [0.15, 0.2) is 35.7 Å². The van der Waals surface area contributed by atoms with Gasteiger partial charge in [-0.1, -0.05) is 23.7 Å². The fraction of sp³-hybridized carbons (Fsp3) is 0.154. The Kier molecular flexibility index (Phi) is 3.57. The van der Waals surface area contributed by atoms with E-state index < -0.39 is 0 Å². The van der Waals surface area contributed by atoms with Crippen molar-refractivity contribution in [2.24, 2.45) is 0 Å². The van der Waals surface area contributed by atoms with Crippen LogP contribution in [0.5, 0.6) is 0 Å². The summed E-state index contributed by atoms with van der Waals surface area (Å²) in [6.45, 7) is 0. The van der Waals surface area contributed by atoms with Gasteiger partial charge in [-0.15, -0.1) is 34.3 Å². The first-order chi connectivity index (χ1) is 8.74. The summed E-state index contributed by atoms with van der Waals surface area (Å²) in [5, 5.41) is 3.67. The Morgan fingerprint density at radius 1 is 1.22 bits per heavy atom. The van der Waals surface area contributed by atoms with Gasteiger partial charge >= 0.3 is 0 Å². The summed E-state index contributed by atoms with van der Waals surface area (Å²) in [6, 6.07) is 10.0. The molecule has 0 amide bonds. The van der Waals surface area contributed by atoms with E-state index >= 15 is 0 Å². The van der Waals surface area contributed by atoms with Crippen LogP contribution in [0.3, 0.4) is 0 Å². The van der Waals surface area contributed by atoms with Crippen LogP contribution in [0.4, 0.5) is 0 Å². The largest absolute Gasteiger partial charge is 0.241 e. The van der Waals surface area contributed by atoms with Crippen molar-refractivity contribution in [1.29, 1.82) is 0 Å². The highest BCUT2D eigenvalue weighted by Gasteiger charge is 2.16. The maximum atomic E-state index is 6.41. The van der Waals surface area contributed by atoms with Crippen LogP contribution < -0.4 is 0 Å². The molecule has 1 atom stereocenters. The molecule has 0 saturated heterocycles. The molecule has 18 heavy (non-hydrogen) atoms. The number of halogens is 2. The van der Waals surface area contributed by atoms with Crippen LogP contribution >= 0.6 is 45.9 Å². The predicted octanol–water partition coefficient (Wildman–Crippen LogP) is 5.53. The van der Waals surface area contributed by atoms with Crippen LogP contribution in [0, 0.1) is 0 Å². The van der Waals surface area contributed by atoms with Crippen LogP contribution in [0.1, 0.15) is 15.3 Å². The van der Waals surface area contributed by atoms with Gasteiger partial charge in [0, 0.05) is 11.3 Å². The van der Waals surface area contributed by atoms with E-state index in [-0.39, 0.29) is 5.38 Å². The van der Waals surface area contributed by atoms with Crippen molar-refractivity contribution in [2.75, 3.05) is 0 Å². The number of rotatable bonds is 3. The Balaban J connectivity index is 1.86. The SMILES string of the molecule is Clc1ccsc1C(Cl)Cc1nc2ccccc2s1. The molecule has 1 unspecified atom stereocenters. The lowest BCUT2D eigenvalue weighted by Gasteiger charge is -2.05. The van der Waals surface area contributed by atoms with Gasteiger partial charge in [0.15, 0.2) is 0 Å². The number of para-hydroxylation sites is 1. The van der Waals surface area contributed by atoms with E-state index in [0.717, 1.165) is 26.8 Å². The minimum atomic E-state index is -0.0990. The van der Waals surface area contributed by atoms with Crippen molar-refractivity contribution in [3.8, 4) is 0 Å². The molecule has 0 aliphatic rings. The first kappa shape index (κ1) is 12.4. The Bertz CT molecular complexity index is 641. The second-order valence-electron chi connectivity index (χ2n) is 3.88. The van der Waals surface area contributed by atoms with Crippen molar-refractivity contribution < 1.29 is 0 Å². The first-order valence-corrected chi connectivity index (χ1v) is 7.96. The summed E-state index contributed by atoms with van der Waals surface area (Å²) < 4.78 is 1.20. The monoisotopic (exact) mass is 313 g/mol. The molecular formula is C13H9Cl2NS2. The number of nitrogens with zero attached hydrogens (tertiary/aromatic N) is 1. The van der Waals surface area contributed by atoms with Crippen molar-refractivity contribution in [3.63, 3.8) is 0 Å². The lowest BCUT2D eigenvalue weighted by Crippen LogP contribution is -1.93. The van der Waals surface area contributed by atoms with E-state index in [1.54, 1.807) is 22.7 Å². The molecule has 0 saturated carbocycles. The molecule has 0 radical (unpaired) electrons. The van der Waals surface area contributed by atoms with Crippen molar-refractivity contribution in [2.45, 2.75) is 11.8 Å². The minimum absolute atomic E-state index is 0.0990. The van der Waals surface area contributed by atoms with E-state index in [4.69, 9.17) is 23.2 Å². The number of fused-ring (bicyclic) bond motifs is 1.